The third-order valence-corrected chi connectivity index (χ3v) is 5.30. The molecule has 1 amide bonds. The summed E-state index contributed by atoms with van der Waals surface area (Å²) in [6.45, 7) is 1.34. The Morgan fingerprint density at radius 3 is 2.17 bits per heavy atom. The molecule has 0 bridgehead atoms. The number of carbonyl (C=O) groups excluding carboxylic acids is 2. The maximum Gasteiger partial charge on any atom is 0.343 e. The van der Waals surface area contributed by atoms with Crippen LogP contribution in [0.5, 0.6) is 5.75 Å². The average Bonchev–Trinajstić information content (AvgIpc) is 2.77. The van der Waals surface area contributed by atoms with Gasteiger partial charge in [0.25, 0.3) is 5.91 Å². The highest BCUT2D eigenvalue weighted by molar-refractivity contribution is 5.99. The van der Waals surface area contributed by atoms with E-state index in [1.807, 2.05) is 42.5 Å². The molecule has 1 heterocycles. The number of ether oxygens (including phenoxy) is 1. The van der Waals surface area contributed by atoms with Crippen LogP contribution in [0.4, 0.5) is 0 Å². The van der Waals surface area contributed by atoms with Gasteiger partial charge in [0, 0.05) is 18.7 Å². The second-order valence-corrected chi connectivity index (χ2v) is 7.30. The van der Waals surface area contributed by atoms with Gasteiger partial charge in [-0.2, -0.15) is 0 Å². The molecule has 1 aliphatic heterocycles. The monoisotopic (exact) mass is 389 g/mol. The Labute approximate surface area is 169 Å². The standard InChI is InChI=1S/C24H23NO4/c26-21-16-19-12-6-5-11-18(19)15-20(21)24(28)29-22(17-9-3-1-4-10-17)23(27)25-13-7-2-8-14-25/h1,3-6,9-12,15-16,22,26H,2,7-8,13-14H2/t22-/m1/s1. The van der Waals surface area contributed by atoms with Gasteiger partial charge in [-0.15, -0.1) is 0 Å². The van der Waals surface area contributed by atoms with E-state index in [9.17, 15) is 14.7 Å². The van der Waals surface area contributed by atoms with Crippen molar-refractivity contribution < 1.29 is 19.4 Å². The highest BCUT2D eigenvalue weighted by Crippen LogP contribution is 2.29. The zero-order valence-corrected chi connectivity index (χ0v) is 16.1. The molecule has 1 N–H and O–H groups in total. The second-order valence-electron chi connectivity index (χ2n) is 7.30. The van der Waals surface area contributed by atoms with Crippen LogP contribution in [-0.2, 0) is 9.53 Å². The minimum Gasteiger partial charge on any atom is -0.507 e. The highest BCUT2D eigenvalue weighted by atomic mass is 16.5. The maximum absolute atomic E-state index is 13.1. The number of hydrogen-bond acceptors (Lipinski definition) is 4. The quantitative estimate of drug-likeness (QED) is 0.669. The Morgan fingerprint density at radius 1 is 0.862 bits per heavy atom. The molecule has 3 aromatic carbocycles. The molecule has 1 fully saturated rings. The number of rotatable bonds is 4. The van der Waals surface area contributed by atoms with Crippen LogP contribution in [0.25, 0.3) is 10.8 Å². The zero-order chi connectivity index (χ0) is 20.2. The molecule has 0 radical (unpaired) electrons. The van der Waals surface area contributed by atoms with Gasteiger partial charge < -0.3 is 14.7 Å². The van der Waals surface area contributed by atoms with E-state index in [1.165, 1.54) is 6.07 Å². The third-order valence-electron chi connectivity index (χ3n) is 5.30. The van der Waals surface area contributed by atoms with Crippen molar-refractivity contribution in [2.24, 2.45) is 0 Å². The number of likely N-dealkylation sites (tertiary alicyclic amines) is 1. The largest absolute Gasteiger partial charge is 0.507 e. The molecule has 0 unspecified atom stereocenters. The van der Waals surface area contributed by atoms with Gasteiger partial charge in [0.1, 0.15) is 11.3 Å². The van der Waals surface area contributed by atoms with Crippen LogP contribution in [0, 0.1) is 0 Å². The first kappa shape index (κ1) is 19.0. The summed E-state index contributed by atoms with van der Waals surface area (Å²) in [6.07, 6.45) is 1.97. The normalized spacial score (nSPS) is 15.1. The van der Waals surface area contributed by atoms with E-state index in [0.29, 0.717) is 18.7 Å². The fourth-order valence-corrected chi connectivity index (χ4v) is 3.73. The Kier molecular flexibility index (Phi) is 5.47. The van der Waals surface area contributed by atoms with Gasteiger partial charge >= 0.3 is 5.97 Å². The number of benzene rings is 3. The summed E-state index contributed by atoms with van der Waals surface area (Å²) >= 11 is 0. The molecular formula is C24H23NO4. The van der Waals surface area contributed by atoms with Crippen molar-refractivity contribution in [3.8, 4) is 5.75 Å². The van der Waals surface area contributed by atoms with Crippen molar-refractivity contribution in [1.29, 1.82) is 0 Å². The molecule has 4 rings (SSSR count). The van der Waals surface area contributed by atoms with Crippen molar-refractivity contribution in [2.45, 2.75) is 25.4 Å². The number of aromatic hydroxyl groups is 1. The molecule has 0 aliphatic carbocycles. The van der Waals surface area contributed by atoms with Gasteiger partial charge in [-0.3, -0.25) is 4.79 Å². The molecule has 1 saturated heterocycles. The van der Waals surface area contributed by atoms with E-state index in [1.54, 1.807) is 23.1 Å². The fraction of sp³-hybridized carbons (Fsp3) is 0.250. The summed E-state index contributed by atoms with van der Waals surface area (Å²) in [5, 5.41) is 12.0. The van der Waals surface area contributed by atoms with Crippen LogP contribution in [0.3, 0.4) is 0 Å². The van der Waals surface area contributed by atoms with Gasteiger partial charge in [0.2, 0.25) is 6.10 Å². The van der Waals surface area contributed by atoms with E-state index in [0.717, 1.165) is 30.0 Å². The van der Waals surface area contributed by atoms with Crippen LogP contribution in [-0.4, -0.2) is 35.0 Å². The zero-order valence-electron chi connectivity index (χ0n) is 16.1. The molecule has 1 aliphatic rings. The Balaban J connectivity index is 1.64. The van der Waals surface area contributed by atoms with Crippen molar-refractivity contribution in [1.82, 2.24) is 4.90 Å². The molecule has 3 aromatic rings. The van der Waals surface area contributed by atoms with Crippen LogP contribution in [0.1, 0.15) is 41.3 Å². The van der Waals surface area contributed by atoms with Gasteiger partial charge in [0.15, 0.2) is 0 Å². The number of phenols is 1. The Hall–Kier alpha value is -3.34. The Morgan fingerprint density at radius 2 is 1.48 bits per heavy atom. The first-order valence-electron chi connectivity index (χ1n) is 9.90. The molecule has 29 heavy (non-hydrogen) atoms. The highest BCUT2D eigenvalue weighted by Gasteiger charge is 2.31. The van der Waals surface area contributed by atoms with Crippen LogP contribution >= 0.6 is 0 Å². The maximum atomic E-state index is 13.1. The van der Waals surface area contributed by atoms with E-state index in [4.69, 9.17) is 4.74 Å². The van der Waals surface area contributed by atoms with Crippen molar-refractivity contribution >= 4 is 22.6 Å². The van der Waals surface area contributed by atoms with Gasteiger partial charge in [-0.25, -0.2) is 4.79 Å². The second kappa shape index (κ2) is 8.35. The lowest BCUT2D eigenvalue weighted by Crippen LogP contribution is -2.40. The number of amides is 1. The van der Waals surface area contributed by atoms with E-state index in [2.05, 4.69) is 0 Å². The van der Waals surface area contributed by atoms with Gasteiger partial charge in [0.05, 0.1) is 0 Å². The molecule has 0 aromatic heterocycles. The lowest BCUT2D eigenvalue weighted by Gasteiger charge is -2.30. The number of esters is 1. The number of nitrogens with zero attached hydrogens (tertiary/aromatic N) is 1. The smallest absolute Gasteiger partial charge is 0.343 e. The van der Waals surface area contributed by atoms with Crippen LogP contribution in [0.15, 0.2) is 66.7 Å². The molecule has 5 nitrogen and oxygen atoms in total. The van der Waals surface area contributed by atoms with Crippen molar-refractivity contribution in [3.05, 3.63) is 77.9 Å². The summed E-state index contributed by atoms with van der Waals surface area (Å²) in [5.41, 5.74) is 0.674. The first-order valence-corrected chi connectivity index (χ1v) is 9.90. The molecule has 148 valence electrons. The summed E-state index contributed by atoms with van der Waals surface area (Å²) in [5.74, 6) is -1.09. The van der Waals surface area contributed by atoms with Crippen LogP contribution in [0.2, 0.25) is 0 Å². The molecule has 1 atom stereocenters. The van der Waals surface area contributed by atoms with Crippen molar-refractivity contribution in [3.63, 3.8) is 0 Å². The fourth-order valence-electron chi connectivity index (χ4n) is 3.73. The topological polar surface area (TPSA) is 66.8 Å². The molecular weight excluding hydrogens is 366 g/mol. The third kappa shape index (κ3) is 4.09. The van der Waals surface area contributed by atoms with Gasteiger partial charge in [-0.1, -0.05) is 54.6 Å². The number of carbonyl (C=O) groups is 2. The van der Waals surface area contributed by atoms with Gasteiger partial charge in [-0.05, 0) is 42.2 Å². The minimum atomic E-state index is -1.03. The molecule has 0 spiro atoms. The summed E-state index contributed by atoms with van der Waals surface area (Å²) < 4.78 is 5.68. The first-order chi connectivity index (χ1) is 14.1. The lowest BCUT2D eigenvalue weighted by atomic mass is 10.0. The number of hydrogen-bond donors (Lipinski definition) is 1. The number of phenolic OH excluding ortho intramolecular Hbond substituents is 1. The predicted molar refractivity (Wildman–Crippen MR) is 111 cm³/mol. The average molecular weight is 389 g/mol. The summed E-state index contributed by atoms with van der Waals surface area (Å²) in [7, 11) is 0. The lowest BCUT2D eigenvalue weighted by molar-refractivity contribution is -0.142. The SMILES string of the molecule is O=C(O[C@@H](C(=O)N1CCCCC1)c1ccccc1)c1cc2ccccc2cc1O. The molecule has 5 heteroatoms. The number of fused-ring (bicyclic) bond motifs is 1. The van der Waals surface area contributed by atoms with E-state index >= 15 is 0 Å². The number of piperidine rings is 1. The predicted octanol–water partition coefficient (Wildman–Crippen LogP) is 4.46. The summed E-state index contributed by atoms with van der Waals surface area (Å²) in [4.78, 5) is 27.8. The minimum absolute atomic E-state index is 0.0519. The van der Waals surface area contributed by atoms with Crippen LogP contribution < -0.4 is 0 Å². The van der Waals surface area contributed by atoms with Crippen molar-refractivity contribution in [2.75, 3.05) is 13.1 Å². The Bertz CT molecular complexity index is 1030. The van der Waals surface area contributed by atoms with E-state index in [-0.39, 0.29) is 17.2 Å². The van der Waals surface area contributed by atoms with E-state index < -0.39 is 12.1 Å². The summed E-state index contributed by atoms with van der Waals surface area (Å²) in [6, 6.07) is 19.6. The molecule has 0 saturated carbocycles.